The second kappa shape index (κ2) is 8.56. The number of hydrogen-bond acceptors (Lipinski definition) is 4. The second-order valence-electron chi connectivity index (χ2n) is 6.55. The molecule has 0 bridgehead atoms. The molecule has 1 atom stereocenters. The zero-order valence-electron chi connectivity index (χ0n) is 14.6. The lowest BCUT2D eigenvalue weighted by molar-refractivity contribution is 0.0663. The zero-order chi connectivity index (χ0) is 17.6. The maximum absolute atomic E-state index is 10.3. The molecule has 0 aromatic heterocycles. The van der Waals surface area contributed by atoms with Crippen LogP contribution in [0.1, 0.15) is 5.56 Å². The van der Waals surface area contributed by atoms with Crippen LogP contribution in [0.4, 0.5) is 5.69 Å². The molecule has 1 aliphatic rings. The third kappa shape index (κ3) is 5.36. The topological polar surface area (TPSA) is 35.9 Å². The Kier molecular flexibility index (Phi) is 6.19. The number of rotatable bonds is 6. The molecule has 0 radical (unpaired) electrons. The van der Waals surface area contributed by atoms with Crippen LogP contribution < -0.4 is 9.64 Å². The first-order valence-electron chi connectivity index (χ1n) is 8.70. The standard InChI is InChI=1S/C20H25ClN2O2/c1-16-4-2-7-20(12-16)25-15-19(24)14-22-8-10-23(11-9-22)18-6-3-5-17(21)13-18/h2-7,12-13,19,24H,8-11,14-15H2,1H3. The average molecular weight is 361 g/mol. The van der Waals surface area contributed by atoms with Gasteiger partial charge in [0.25, 0.3) is 0 Å². The van der Waals surface area contributed by atoms with Crippen molar-refractivity contribution in [3.05, 3.63) is 59.1 Å². The van der Waals surface area contributed by atoms with Gasteiger partial charge in [0.15, 0.2) is 0 Å². The number of benzene rings is 2. The molecule has 134 valence electrons. The second-order valence-corrected chi connectivity index (χ2v) is 6.99. The fourth-order valence-electron chi connectivity index (χ4n) is 3.11. The molecule has 0 spiro atoms. The first kappa shape index (κ1) is 18.1. The summed E-state index contributed by atoms with van der Waals surface area (Å²) in [5, 5.41) is 11.0. The molecule has 1 fully saturated rings. The van der Waals surface area contributed by atoms with Crippen molar-refractivity contribution in [1.29, 1.82) is 0 Å². The molecule has 2 aromatic rings. The van der Waals surface area contributed by atoms with Gasteiger partial charge in [-0.1, -0.05) is 29.8 Å². The van der Waals surface area contributed by atoms with Crippen molar-refractivity contribution in [2.75, 3.05) is 44.2 Å². The number of anilines is 1. The molecule has 5 heteroatoms. The van der Waals surface area contributed by atoms with E-state index in [4.69, 9.17) is 16.3 Å². The van der Waals surface area contributed by atoms with Gasteiger partial charge in [0.1, 0.15) is 18.5 Å². The van der Waals surface area contributed by atoms with E-state index in [1.807, 2.05) is 49.4 Å². The Bertz CT molecular complexity index is 687. The number of halogens is 1. The first-order chi connectivity index (χ1) is 12.1. The highest BCUT2D eigenvalue weighted by Crippen LogP contribution is 2.21. The number of aryl methyl sites for hydroxylation is 1. The molecule has 4 nitrogen and oxygen atoms in total. The Morgan fingerprint density at radius 1 is 1.08 bits per heavy atom. The number of aliphatic hydroxyl groups is 1. The van der Waals surface area contributed by atoms with Gasteiger partial charge in [0.05, 0.1) is 0 Å². The Morgan fingerprint density at radius 2 is 1.84 bits per heavy atom. The van der Waals surface area contributed by atoms with Crippen molar-refractivity contribution >= 4 is 17.3 Å². The summed E-state index contributed by atoms with van der Waals surface area (Å²) in [6, 6.07) is 15.9. The summed E-state index contributed by atoms with van der Waals surface area (Å²) in [7, 11) is 0. The monoisotopic (exact) mass is 360 g/mol. The summed E-state index contributed by atoms with van der Waals surface area (Å²) in [6.07, 6.45) is -0.488. The van der Waals surface area contributed by atoms with E-state index < -0.39 is 6.10 Å². The number of aliphatic hydroxyl groups excluding tert-OH is 1. The summed E-state index contributed by atoms with van der Waals surface area (Å²) < 4.78 is 5.69. The van der Waals surface area contributed by atoms with E-state index in [0.717, 1.165) is 48.2 Å². The number of piperazine rings is 1. The third-order valence-corrected chi connectivity index (χ3v) is 4.68. The van der Waals surface area contributed by atoms with Gasteiger partial charge in [-0.2, -0.15) is 0 Å². The highest BCUT2D eigenvalue weighted by atomic mass is 35.5. The van der Waals surface area contributed by atoms with Crippen molar-refractivity contribution in [2.45, 2.75) is 13.0 Å². The maximum Gasteiger partial charge on any atom is 0.119 e. The maximum atomic E-state index is 10.3. The molecule has 1 N–H and O–H groups in total. The van der Waals surface area contributed by atoms with Gasteiger partial charge < -0.3 is 14.7 Å². The van der Waals surface area contributed by atoms with E-state index in [1.54, 1.807) is 0 Å². The average Bonchev–Trinajstić information content (AvgIpc) is 2.61. The summed E-state index contributed by atoms with van der Waals surface area (Å²) in [5.74, 6) is 0.810. The Balaban J connectivity index is 1.42. The smallest absolute Gasteiger partial charge is 0.119 e. The predicted molar refractivity (Wildman–Crippen MR) is 103 cm³/mol. The molecule has 3 rings (SSSR count). The lowest BCUT2D eigenvalue weighted by atomic mass is 10.2. The van der Waals surface area contributed by atoms with Gasteiger partial charge in [-0.25, -0.2) is 0 Å². The first-order valence-corrected chi connectivity index (χ1v) is 9.08. The van der Waals surface area contributed by atoms with E-state index in [9.17, 15) is 5.11 Å². The molecule has 1 heterocycles. The molecule has 1 aliphatic heterocycles. The van der Waals surface area contributed by atoms with Gasteiger partial charge >= 0.3 is 0 Å². The van der Waals surface area contributed by atoms with E-state index >= 15 is 0 Å². The third-order valence-electron chi connectivity index (χ3n) is 4.45. The molecule has 0 saturated carbocycles. The number of β-amino-alcohol motifs (C(OH)–C–C–N with tert-alkyl or cyclic N) is 1. The van der Waals surface area contributed by atoms with Crippen LogP contribution in [-0.2, 0) is 0 Å². The highest BCUT2D eigenvalue weighted by Gasteiger charge is 2.20. The fraction of sp³-hybridized carbons (Fsp3) is 0.400. The molecule has 1 unspecified atom stereocenters. The van der Waals surface area contributed by atoms with Gasteiger partial charge in [0.2, 0.25) is 0 Å². The zero-order valence-corrected chi connectivity index (χ0v) is 15.3. The van der Waals surface area contributed by atoms with Crippen LogP contribution >= 0.6 is 11.6 Å². The van der Waals surface area contributed by atoms with Crippen LogP contribution in [0.25, 0.3) is 0 Å². The van der Waals surface area contributed by atoms with Crippen molar-refractivity contribution in [2.24, 2.45) is 0 Å². The Labute approximate surface area is 154 Å². The SMILES string of the molecule is Cc1cccc(OCC(O)CN2CCN(c3cccc(Cl)c3)CC2)c1. The molecule has 2 aromatic carbocycles. The highest BCUT2D eigenvalue weighted by molar-refractivity contribution is 6.30. The van der Waals surface area contributed by atoms with E-state index in [0.29, 0.717) is 13.2 Å². The van der Waals surface area contributed by atoms with Gasteiger partial charge in [-0.15, -0.1) is 0 Å². The summed E-state index contributed by atoms with van der Waals surface area (Å²) in [4.78, 5) is 4.61. The van der Waals surface area contributed by atoms with Gasteiger partial charge in [0, 0.05) is 43.4 Å². The van der Waals surface area contributed by atoms with Crippen LogP contribution in [0.2, 0.25) is 5.02 Å². The minimum Gasteiger partial charge on any atom is -0.491 e. The molecular formula is C20H25ClN2O2. The summed E-state index contributed by atoms with van der Waals surface area (Å²) >= 11 is 6.07. The minimum atomic E-state index is -0.488. The normalized spacial score (nSPS) is 16.7. The van der Waals surface area contributed by atoms with Crippen LogP contribution in [0.15, 0.2) is 48.5 Å². The molecule has 1 saturated heterocycles. The fourth-order valence-corrected chi connectivity index (χ4v) is 3.29. The van der Waals surface area contributed by atoms with E-state index in [1.165, 1.54) is 0 Å². The van der Waals surface area contributed by atoms with Crippen LogP contribution in [0.5, 0.6) is 5.75 Å². The van der Waals surface area contributed by atoms with Crippen LogP contribution in [0.3, 0.4) is 0 Å². The summed E-state index contributed by atoms with van der Waals surface area (Å²) in [5.41, 5.74) is 2.32. The van der Waals surface area contributed by atoms with E-state index in [2.05, 4.69) is 15.9 Å². The number of nitrogens with zero attached hydrogens (tertiary/aromatic N) is 2. The molecule has 0 aliphatic carbocycles. The van der Waals surface area contributed by atoms with E-state index in [-0.39, 0.29) is 0 Å². The van der Waals surface area contributed by atoms with Crippen molar-refractivity contribution < 1.29 is 9.84 Å². The lowest BCUT2D eigenvalue weighted by Crippen LogP contribution is -2.49. The van der Waals surface area contributed by atoms with Gasteiger partial charge in [-0.05, 0) is 42.8 Å². The molecule has 0 amide bonds. The number of hydrogen-bond donors (Lipinski definition) is 1. The molecule has 25 heavy (non-hydrogen) atoms. The van der Waals surface area contributed by atoms with Crippen molar-refractivity contribution in [3.8, 4) is 5.75 Å². The summed E-state index contributed by atoms with van der Waals surface area (Å²) in [6.45, 7) is 6.70. The largest absolute Gasteiger partial charge is 0.491 e. The Morgan fingerprint density at radius 3 is 2.56 bits per heavy atom. The predicted octanol–water partition coefficient (Wildman–Crippen LogP) is 3.21. The minimum absolute atomic E-state index is 0.317. The molecular weight excluding hydrogens is 336 g/mol. The van der Waals surface area contributed by atoms with Crippen LogP contribution in [-0.4, -0.2) is 55.4 Å². The van der Waals surface area contributed by atoms with Crippen LogP contribution in [0, 0.1) is 6.92 Å². The quantitative estimate of drug-likeness (QED) is 0.858. The van der Waals surface area contributed by atoms with Gasteiger partial charge in [-0.3, -0.25) is 4.90 Å². The lowest BCUT2D eigenvalue weighted by Gasteiger charge is -2.36. The Hall–Kier alpha value is -1.75. The van der Waals surface area contributed by atoms with Crippen molar-refractivity contribution in [3.63, 3.8) is 0 Å². The van der Waals surface area contributed by atoms with Crippen molar-refractivity contribution in [1.82, 2.24) is 4.90 Å². The number of ether oxygens (including phenoxy) is 1.